The summed E-state index contributed by atoms with van der Waals surface area (Å²) in [4.78, 5) is 25.0. The lowest BCUT2D eigenvalue weighted by Gasteiger charge is -2.13. The molecule has 6 rings (SSSR count). The molecule has 7 heteroatoms. The van der Waals surface area contributed by atoms with Gasteiger partial charge in [-0.25, -0.2) is 4.98 Å². The van der Waals surface area contributed by atoms with Gasteiger partial charge in [0.15, 0.2) is 11.5 Å². The normalized spacial score (nSPS) is 13.8. The van der Waals surface area contributed by atoms with Crippen molar-refractivity contribution in [3.63, 3.8) is 0 Å². The third-order valence-electron chi connectivity index (χ3n) is 5.87. The van der Waals surface area contributed by atoms with E-state index in [1.807, 2.05) is 42.5 Å². The second kappa shape index (κ2) is 6.43. The average Bonchev–Trinajstić information content (AvgIpc) is 3.49. The number of hydrogen-bond donors (Lipinski definition) is 3. The molecule has 0 aliphatic heterocycles. The third kappa shape index (κ3) is 2.63. The van der Waals surface area contributed by atoms with Gasteiger partial charge in [-0.15, -0.1) is 0 Å². The summed E-state index contributed by atoms with van der Waals surface area (Å²) in [6.07, 6.45) is 4.87. The van der Waals surface area contributed by atoms with Crippen LogP contribution in [-0.4, -0.2) is 35.5 Å². The maximum Gasteiger partial charge on any atom is 0.240 e. The summed E-state index contributed by atoms with van der Waals surface area (Å²) < 4.78 is 1.52. The molecule has 1 aliphatic carbocycles. The maximum atomic E-state index is 13.2. The van der Waals surface area contributed by atoms with E-state index in [2.05, 4.69) is 15.0 Å². The summed E-state index contributed by atoms with van der Waals surface area (Å²) in [5.41, 5.74) is 4.10. The lowest BCUT2D eigenvalue weighted by atomic mass is 9.99. The Kier molecular flexibility index (Phi) is 3.67. The number of nitrogens with one attached hydrogen (secondary N) is 1. The molecule has 5 aromatic rings. The van der Waals surface area contributed by atoms with Crippen LogP contribution in [0.1, 0.15) is 23.2 Å². The molecule has 1 aliphatic rings. The lowest BCUT2D eigenvalue weighted by Crippen LogP contribution is -2.05. The number of H-pyrrole nitrogens is 1. The fraction of sp³-hybridized carbons (Fsp3) is 0.125. The van der Waals surface area contributed by atoms with E-state index >= 15 is 0 Å². The summed E-state index contributed by atoms with van der Waals surface area (Å²) in [5, 5.41) is 22.8. The minimum atomic E-state index is -0.399. The van der Waals surface area contributed by atoms with Gasteiger partial charge in [-0.2, -0.15) is 0 Å². The highest BCUT2D eigenvalue weighted by Gasteiger charge is 2.38. The minimum Gasteiger partial charge on any atom is -0.503 e. The van der Waals surface area contributed by atoms with Crippen LogP contribution in [0.4, 0.5) is 0 Å². The van der Waals surface area contributed by atoms with Crippen molar-refractivity contribution >= 4 is 27.7 Å². The summed E-state index contributed by atoms with van der Waals surface area (Å²) in [6.45, 7) is 0. The molecule has 3 N–H and O–H groups in total. The number of imidazole rings is 1. The number of pyridine rings is 1. The molecule has 3 aromatic heterocycles. The van der Waals surface area contributed by atoms with Crippen molar-refractivity contribution in [3.05, 3.63) is 66.6 Å². The Morgan fingerprint density at radius 1 is 1.06 bits per heavy atom. The van der Waals surface area contributed by atoms with E-state index in [1.165, 1.54) is 4.57 Å². The van der Waals surface area contributed by atoms with Gasteiger partial charge >= 0.3 is 0 Å². The van der Waals surface area contributed by atoms with E-state index in [9.17, 15) is 15.0 Å². The Hall–Kier alpha value is -4.13. The van der Waals surface area contributed by atoms with E-state index in [4.69, 9.17) is 0 Å². The molecule has 31 heavy (non-hydrogen) atoms. The van der Waals surface area contributed by atoms with Gasteiger partial charge in [-0.1, -0.05) is 24.3 Å². The van der Waals surface area contributed by atoms with Gasteiger partial charge in [0.05, 0.1) is 39.8 Å². The summed E-state index contributed by atoms with van der Waals surface area (Å²) in [5.74, 6) is -1.05. The minimum absolute atomic E-state index is 0.127. The van der Waals surface area contributed by atoms with E-state index in [0.717, 1.165) is 29.3 Å². The molecule has 3 heterocycles. The smallest absolute Gasteiger partial charge is 0.240 e. The summed E-state index contributed by atoms with van der Waals surface area (Å²) in [7, 11) is 0. The van der Waals surface area contributed by atoms with Crippen LogP contribution in [0.2, 0.25) is 0 Å². The zero-order valence-electron chi connectivity index (χ0n) is 16.4. The van der Waals surface area contributed by atoms with E-state index in [1.54, 1.807) is 18.6 Å². The number of nitrogens with zero attached hydrogens (tertiary/aromatic N) is 3. The Bertz CT molecular complexity index is 1490. The molecule has 0 spiro atoms. The van der Waals surface area contributed by atoms with E-state index < -0.39 is 5.75 Å². The number of carbonyl (C=O) groups excluding carboxylic acids is 1. The van der Waals surface area contributed by atoms with Gasteiger partial charge < -0.3 is 15.2 Å². The first-order valence-electron chi connectivity index (χ1n) is 10.1. The Morgan fingerprint density at radius 2 is 1.90 bits per heavy atom. The largest absolute Gasteiger partial charge is 0.503 e. The van der Waals surface area contributed by atoms with Crippen LogP contribution >= 0.6 is 0 Å². The number of aromatic nitrogens is 4. The van der Waals surface area contributed by atoms with Crippen molar-refractivity contribution in [2.75, 3.05) is 0 Å². The van der Waals surface area contributed by atoms with Gasteiger partial charge in [0, 0.05) is 23.1 Å². The second-order valence-corrected chi connectivity index (χ2v) is 7.85. The second-order valence-electron chi connectivity index (χ2n) is 7.85. The molecule has 0 unspecified atom stereocenters. The van der Waals surface area contributed by atoms with Crippen molar-refractivity contribution in [1.82, 2.24) is 19.5 Å². The molecule has 152 valence electrons. The number of fused-ring (bicyclic) bond motifs is 2. The molecule has 1 saturated carbocycles. The molecular weight excluding hydrogens is 392 g/mol. The zero-order valence-corrected chi connectivity index (χ0v) is 16.4. The van der Waals surface area contributed by atoms with E-state index in [-0.39, 0.29) is 23.1 Å². The number of hydrogen-bond acceptors (Lipinski definition) is 5. The van der Waals surface area contributed by atoms with Crippen molar-refractivity contribution in [1.29, 1.82) is 0 Å². The molecular formula is C24H18N4O3. The highest BCUT2D eigenvalue weighted by molar-refractivity contribution is 6.10. The molecule has 7 nitrogen and oxygen atoms in total. The summed E-state index contributed by atoms with van der Waals surface area (Å²) in [6, 6.07) is 14.9. The number of aromatic amines is 1. The van der Waals surface area contributed by atoms with Crippen molar-refractivity contribution < 1.29 is 15.0 Å². The van der Waals surface area contributed by atoms with Crippen LogP contribution < -0.4 is 0 Å². The standard InChI is InChI=1S/C24H18N4O3/c29-22(14-6-7-14)19-21(16-5-1-3-13-4-2-10-25-20(13)16)28(24(31)23(19)30)15-8-9-17-18(11-15)27-12-26-17/h1-5,8-12,14,30-31H,6-7H2,(H,26,27). The Morgan fingerprint density at radius 3 is 2.74 bits per heavy atom. The number of benzene rings is 2. The molecule has 0 saturated heterocycles. The Balaban J connectivity index is 1.71. The molecule has 1 fully saturated rings. The van der Waals surface area contributed by atoms with Crippen molar-refractivity contribution in [2.24, 2.45) is 5.92 Å². The first-order valence-corrected chi connectivity index (χ1v) is 10.1. The van der Waals surface area contributed by atoms with Crippen LogP contribution in [0, 0.1) is 5.92 Å². The fourth-order valence-corrected chi connectivity index (χ4v) is 4.20. The quantitative estimate of drug-likeness (QED) is 0.377. The van der Waals surface area contributed by atoms with Gasteiger partial charge in [0.25, 0.3) is 0 Å². The monoisotopic (exact) mass is 410 g/mol. The van der Waals surface area contributed by atoms with Crippen molar-refractivity contribution in [3.8, 4) is 28.6 Å². The van der Waals surface area contributed by atoms with Crippen LogP contribution in [0.15, 0.2) is 61.1 Å². The topological polar surface area (TPSA) is 104 Å². The number of carbonyl (C=O) groups is 1. The number of Topliss-reactive ketones (excluding diaryl/α,β-unsaturated/α-hetero) is 1. The molecule has 2 aromatic carbocycles. The summed E-state index contributed by atoms with van der Waals surface area (Å²) >= 11 is 0. The highest BCUT2D eigenvalue weighted by Crippen LogP contribution is 2.47. The molecule has 0 bridgehead atoms. The first-order chi connectivity index (χ1) is 15.1. The SMILES string of the molecule is O=C(c1c(O)c(O)n(-c2ccc3nc[nH]c3c2)c1-c1cccc2cccnc12)C1CC1. The number of ketones is 1. The average molecular weight is 410 g/mol. The van der Waals surface area contributed by atoms with Gasteiger partial charge in [-0.05, 0) is 37.1 Å². The van der Waals surface area contributed by atoms with Crippen LogP contribution in [0.3, 0.4) is 0 Å². The predicted molar refractivity (Wildman–Crippen MR) is 117 cm³/mol. The molecule has 0 radical (unpaired) electrons. The molecule has 0 amide bonds. The third-order valence-corrected chi connectivity index (χ3v) is 5.87. The predicted octanol–water partition coefficient (Wildman–Crippen LogP) is 4.57. The van der Waals surface area contributed by atoms with Gasteiger partial charge in [0.2, 0.25) is 5.88 Å². The highest BCUT2D eigenvalue weighted by atomic mass is 16.3. The molecule has 0 atom stereocenters. The number of para-hydroxylation sites is 1. The van der Waals surface area contributed by atoms with E-state index in [0.29, 0.717) is 22.5 Å². The number of rotatable bonds is 4. The van der Waals surface area contributed by atoms with Crippen LogP contribution in [-0.2, 0) is 0 Å². The van der Waals surface area contributed by atoms with Gasteiger partial charge in [0.1, 0.15) is 0 Å². The first kappa shape index (κ1) is 17.7. The van der Waals surface area contributed by atoms with Crippen LogP contribution in [0.5, 0.6) is 11.6 Å². The fourth-order valence-electron chi connectivity index (χ4n) is 4.20. The number of aromatic hydroxyl groups is 2. The maximum absolute atomic E-state index is 13.2. The zero-order chi connectivity index (χ0) is 21.1. The lowest BCUT2D eigenvalue weighted by molar-refractivity contribution is 0.0965. The van der Waals surface area contributed by atoms with Crippen molar-refractivity contribution in [2.45, 2.75) is 12.8 Å². The Labute approximate surface area is 176 Å². The van der Waals surface area contributed by atoms with Crippen LogP contribution in [0.25, 0.3) is 38.9 Å². The van der Waals surface area contributed by atoms with Gasteiger partial charge in [-0.3, -0.25) is 14.3 Å².